The Hall–Kier alpha value is -2.30. The molecule has 2 aromatic rings. The van der Waals surface area contributed by atoms with E-state index >= 15 is 0 Å². The number of rotatable bonds is 3. The number of hydrogen-bond acceptors (Lipinski definition) is 4. The molecule has 0 saturated carbocycles. The van der Waals surface area contributed by atoms with Crippen molar-refractivity contribution < 1.29 is 9.21 Å². The summed E-state index contributed by atoms with van der Waals surface area (Å²) in [6.45, 7) is 0.347. The summed E-state index contributed by atoms with van der Waals surface area (Å²) in [4.78, 5) is 15.5. The number of benzene rings is 1. The van der Waals surface area contributed by atoms with E-state index in [1.54, 1.807) is 24.3 Å². The molecule has 1 aromatic carbocycles. The Balaban J connectivity index is 1.95. The molecule has 5 heteroatoms. The molecule has 0 atom stereocenters. The van der Waals surface area contributed by atoms with E-state index in [0.717, 1.165) is 0 Å². The molecule has 5 nitrogen and oxygen atoms in total. The molecule has 2 rings (SSSR count). The number of amides is 1. The van der Waals surface area contributed by atoms with Crippen molar-refractivity contribution in [2.24, 2.45) is 0 Å². The van der Waals surface area contributed by atoms with Crippen LogP contribution in [0.1, 0.15) is 16.1 Å². The summed E-state index contributed by atoms with van der Waals surface area (Å²) >= 11 is 0. The van der Waals surface area contributed by atoms with Gasteiger partial charge in [0.1, 0.15) is 6.26 Å². The van der Waals surface area contributed by atoms with Crippen LogP contribution in [0.3, 0.4) is 0 Å². The maximum absolute atomic E-state index is 11.6. The van der Waals surface area contributed by atoms with Gasteiger partial charge >= 0.3 is 0 Å². The van der Waals surface area contributed by atoms with Gasteiger partial charge in [-0.15, -0.1) is 0 Å². The molecule has 0 saturated heterocycles. The molecule has 0 bridgehead atoms. The van der Waals surface area contributed by atoms with Gasteiger partial charge in [-0.1, -0.05) is 0 Å². The Labute approximate surface area is 92.3 Å². The number of carbonyl (C=O) groups excluding carboxylic acids is 1. The minimum Gasteiger partial charge on any atom is -0.451 e. The number of anilines is 1. The lowest BCUT2D eigenvalue weighted by Crippen LogP contribution is -2.22. The molecule has 0 spiro atoms. The molecule has 1 amide bonds. The van der Waals surface area contributed by atoms with Crippen LogP contribution in [0.15, 0.2) is 41.3 Å². The predicted octanol–water partition coefficient (Wildman–Crippen LogP) is 1.19. The van der Waals surface area contributed by atoms with Crippen molar-refractivity contribution in [3.63, 3.8) is 0 Å². The van der Waals surface area contributed by atoms with Gasteiger partial charge in [0, 0.05) is 11.3 Å². The zero-order valence-corrected chi connectivity index (χ0v) is 8.51. The van der Waals surface area contributed by atoms with Gasteiger partial charge in [-0.25, -0.2) is 4.98 Å². The van der Waals surface area contributed by atoms with Crippen molar-refractivity contribution in [1.29, 1.82) is 0 Å². The largest absolute Gasteiger partial charge is 0.451 e. The van der Waals surface area contributed by atoms with Gasteiger partial charge in [0.2, 0.25) is 0 Å². The SMILES string of the molecule is Nc1ccc(C(=O)NCc2cocn2)cc1. The van der Waals surface area contributed by atoms with Gasteiger partial charge < -0.3 is 15.5 Å². The van der Waals surface area contributed by atoms with Gasteiger partial charge in [0.05, 0.1) is 12.2 Å². The lowest BCUT2D eigenvalue weighted by Gasteiger charge is -2.03. The summed E-state index contributed by atoms with van der Waals surface area (Å²) in [7, 11) is 0. The molecule has 0 aliphatic rings. The number of nitrogens with two attached hydrogens (primary N) is 1. The fraction of sp³-hybridized carbons (Fsp3) is 0.0909. The summed E-state index contributed by atoms with van der Waals surface area (Å²) < 4.78 is 4.79. The van der Waals surface area contributed by atoms with Crippen molar-refractivity contribution in [3.05, 3.63) is 48.2 Å². The standard InChI is InChI=1S/C11H11N3O2/c12-9-3-1-8(2-4-9)11(15)13-5-10-6-16-7-14-10/h1-4,6-7H,5,12H2,(H,13,15). The Morgan fingerprint density at radius 1 is 1.38 bits per heavy atom. The fourth-order valence-electron chi connectivity index (χ4n) is 1.23. The van der Waals surface area contributed by atoms with Gasteiger partial charge in [-0.05, 0) is 24.3 Å². The molecule has 0 aliphatic carbocycles. The van der Waals surface area contributed by atoms with Crippen molar-refractivity contribution in [3.8, 4) is 0 Å². The van der Waals surface area contributed by atoms with Gasteiger partial charge in [-0.2, -0.15) is 0 Å². The summed E-state index contributed by atoms with van der Waals surface area (Å²) in [5.41, 5.74) is 7.41. The number of hydrogen-bond donors (Lipinski definition) is 2. The van der Waals surface area contributed by atoms with Crippen molar-refractivity contribution in [2.45, 2.75) is 6.54 Å². The van der Waals surface area contributed by atoms with E-state index in [1.165, 1.54) is 12.7 Å². The number of nitrogens with one attached hydrogen (secondary N) is 1. The number of nitrogens with zero attached hydrogens (tertiary/aromatic N) is 1. The highest BCUT2D eigenvalue weighted by atomic mass is 16.3. The highest BCUT2D eigenvalue weighted by molar-refractivity contribution is 5.94. The van der Waals surface area contributed by atoms with Crippen molar-refractivity contribution in [2.75, 3.05) is 5.73 Å². The fourth-order valence-corrected chi connectivity index (χ4v) is 1.23. The average Bonchev–Trinajstić information content (AvgIpc) is 2.80. The monoisotopic (exact) mass is 217 g/mol. The number of nitrogen functional groups attached to an aromatic ring is 1. The molecule has 0 aliphatic heterocycles. The zero-order valence-electron chi connectivity index (χ0n) is 8.51. The summed E-state index contributed by atoms with van der Waals surface area (Å²) in [5, 5.41) is 2.72. The quantitative estimate of drug-likeness (QED) is 0.756. The minimum absolute atomic E-state index is 0.164. The topological polar surface area (TPSA) is 81.2 Å². The van der Waals surface area contributed by atoms with Crippen LogP contribution < -0.4 is 11.1 Å². The first-order valence-corrected chi connectivity index (χ1v) is 4.76. The lowest BCUT2D eigenvalue weighted by atomic mass is 10.2. The van der Waals surface area contributed by atoms with Crippen LogP contribution in [0.2, 0.25) is 0 Å². The minimum atomic E-state index is -0.164. The third kappa shape index (κ3) is 2.38. The van der Waals surface area contributed by atoms with E-state index < -0.39 is 0 Å². The van der Waals surface area contributed by atoms with E-state index in [1.807, 2.05) is 0 Å². The highest BCUT2D eigenvalue weighted by Crippen LogP contribution is 2.05. The first-order chi connectivity index (χ1) is 7.75. The number of carbonyl (C=O) groups is 1. The molecule has 82 valence electrons. The third-order valence-electron chi connectivity index (χ3n) is 2.09. The Kier molecular flexibility index (Phi) is 2.86. The van der Waals surface area contributed by atoms with Gasteiger partial charge in [-0.3, -0.25) is 4.79 Å². The van der Waals surface area contributed by atoms with Crippen LogP contribution in [0, 0.1) is 0 Å². The second-order valence-corrected chi connectivity index (χ2v) is 3.28. The number of aromatic nitrogens is 1. The van der Waals surface area contributed by atoms with E-state index in [2.05, 4.69) is 10.3 Å². The van der Waals surface area contributed by atoms with E-state index in [4.69, 9.17) is 10.2 Å². The molecule has 0 radical (unpaired) electrons. The third-order valence-corrected chi connectivity index (χ3v) is 2.09. The van der Waals surface area contributed by atoms with E-state index in [-0.39, 0.29) is 5.91 Å². The summed E-state index contributed by atoms with van der Waals surface area (Å²) in [6, 6.07) is 6.72. The molecule has 1 heterocycles. The Morgan fingerprint density at radius 2 is 2.12 bits per heavy atom. The molecular weight excluding hydrogens is 206 g/mol. The molecule has 0 fully saturated rings. The molecule has 16 heavy (non-hydrogen) atoms. The van der Waals surface area contributed by atoms with Crippen molar-refractivity contribution >= 4 is 11.6 Å². The van der Waals surface area contributed by atoms with Crippen LogP contribution >= 0.6 is 0 Å². The smallest absolute Gasteiger partial charge is 0.251 e. The van der Waals surface area contributed by atoms with Crippen LogP contribution in [0.25, 0.3) is 0 Å². The Morgan fingerprint density at radius 3 is 2.75 bits per heavy atom. The van der Waals surface area contributed by atoms with E-state index in [0.29, 0.717) is 23.5 Å². The normalized spacial score (nSPS) is 10.0. The highest BCUT2D eigenvalue weighted by Gasteiger charge is 2.05. The van der Waals surface area contributed by atoms with Crippen LogP contribution in [-0.2, 0) is 6.54 Å². The van der Waals surface area contributed by atoms with Crippen LogP contribution in [0.5, 0.6) is 0 Å². The molecule has 3 N–H and O–H groups in total. The second-order valence-electron chi connectivity index (χ2n) is 3.28. The summed E-state index contributed by atoms with van der Waals surface area (Å²) in [6.07, 6.45) is 2.81. The molecule has 0 unspecified atom stereocenters. The first kappa shape index (κ1) is 10.2. The van der Waals surface area contributed by atoms with Crippen LogP contribution in [0.4, 0.5) is 5.69 Å². The average molecular weight is 217 g/mol. The predicted molar refractivity (Wildman–Crippen MR) is 58.5 cm³/mol. The first-order valence-electron chi connectivity index (χ1n) is 4.76. The maximum atomic E-state index is 11.6. The van der Waals surface area contributed by atoms with E-state index in [9.17, 15) is 4.79 Å². The van der Waals surface area contributed by atoms with Crippen LogP contribution in [-0.4, -0.2) is 10.9 Å². The summed E-state index contributed by atoms with van der Waals surface area (Å²) in [5.74, 6) is -0.164. The van der Waals surface area contributed by atoms with Gasteiger partial charge in [0.25, 0.3) is 5.91 Å². The Bertz CT molecular complexity index is 462. The molecule has 1 aromatic heterocycles. The zero-order chi connectivity index (χ0) is 11.4. The lowest BCUT2D eigenvalue weighted by molar-refractivity contribution is 0.0950. The second kappa shape index (κ2) is 4.48. The number of oxazole rings is 1. The van der Waals surface area contributed by atoms with Gasteiger partial charge in [0.15, 0.2) is 6.39 Å². The van der Waals surface area contributed by atoms with Crippen molar-refractivity contribution in [1.82, 2.24) is 10.3 Å². The molecular formula is C11H11N3O2. The maximum Gasteiger partial charge on any atom is 0.251 e.